The van der Waals surface area contributed by atoms with Crippen molar-refractivity contribution in [3.05, 3.63) is 94.7 Å². The SMILES string of the molecule is CC1=[C-]C(C)C(C)=C1C.Cc1c(C)n(-c2cc3ccccc3[cH-]2)c2ccccc12.[Cl][Zr+2][Cl]. The molecule has 0 radical (unpaired) electrons. The molecule has 4 heteroatoms. The summed E-state index contributed by atoms with van der Waals surface area (Å²) in [5.41, 5.74) is 9.48. The molecule has 0 amide bonds. The Morgan fingerprint density at radius 3 is 2.12 bits per heavy atom. The van der Waals surface area contributed by atoms with Crippen LogP contribution in [-0.4, -0.2) is 4.57 Å². The van der Waals surface area contributed by atoms with Gasteiger partial charge in [0.2, 0.25) is 0 Å². The van der Waals surface area contributed by atoms with Crippen LogP contribution < -0.4 is 0 Å². The average Bonchev–Trinajstić information content (AvgIpc) is 3.39. The number of para-hydroxylation sites is 1. The fraction of sp³-hybridized carbons (Fsp3) is 0.250. The number of fused-ring (bicyclic) bond motifs is 2. The van der Waals surface area contributed by atoms with Crippen LogP contribution in [0.3, 0.4) is 0 Å². The van der Waals surface area contributed by atoms with Crippen LogP contribution in [0.25, 0.3) is 27.4 Å². The molecule has 0 N–H and O–H groups in total. The maximum absolute atomic E-state index is 4.93. The summed E-state index contributed by atoms with van der Waals surface area (Å²) in [5.74, 6) is 0.560. The molecule has 0 spiro atoms. The number of benzene rings is 2. The van der Waals surface area contributed by atoms with Crippen LogP contribution in [0.4, 0.5) is 0 Å². The zero-order chi connectivity index (χ0) is 23.4. The van der Waals surface area contributed by atoms with Gasteiger partial charge in [-0.3, -0.25) is 6.08 Å². The fourth-order valence-electron chi connectivity index (χ4n) is 4.29. The normalized spacial score (nSPS) is 15.1. The van der Waals surface area contributed by atoms with E-state index in [2.05, 4.69) is 113 Å². The number of nitrogens with zero attached hydrogens (tertiary/aromatic N) is 1. The second-order valence-corrected chi connectivity index (χ2v) is 12.0. The van der Waals surface area contributed by atoms with E-state index in [0.29, 0.717) is 5.92 Å². The van der Waals surface area contributed by atoms with E-state index in [1.54, 1.807) is 0 Å². The number of hydrogen-bond acceptors (Lipinski definition) is 0. The van der Waals surface area contributed by atoms with E-state index in [1.165, 1.54) is 55.3 Å². The van der Waals surface area contributed by atoms with Crippen molar-refractivity contribution in [2.45, 2.75) is 41.5 Å². The molecule has 1 aliphatic carbocycles. The van der Waals surface area contributed by atoms with Crippen molar-refractivity contribution in [2.24, 2.45) is 5.92 Å². The Kier molecular flexibility index (Phi) is 8.73. The van der Waals surface area contributed by atoms with Gasteiger partial charge < -0.3 is 4.57 Å². The number of aryl methyl sites for hydroxylation is 1. The summed E-state index contributed by atoms with van der Waals surface area (Å²) in [6, 6.07) is 21.7. The second-order valence-electron chi connectivity index (χ2n) is 8.28. The van der Waals surface area contributed by atoms with Crippen molar-refractivity contribution >= 4 is 38.7 Å². The molecule has 1 unspecified atom stereocenters. The molecule has 3 aromatic carbocycles. The Morgan fingerprint density at radius 1 is 0.938 bits per heavy atom. The van der Waals surface area contributed by atoms with E-state index >= 15 is 0 Å². The molecule has 1 aliphatic rings. The Morgan fingerprint density at radius 2 is 1.56 bits per heavy atom. The molecule has 164 valence electrons. The van der Waals surface area contributed by atoms with Gasteiger partial charge >= 0.3 is 37.9 Å². The Labute approximate surface area is 210 Å². The van der Waals surface area contributed by atoms with Crippen molar-refractivity contribution in [1.29, 1.82) is 0 Å². The molecule has 1 atom stereocenters. The molecule has 5 rings (SSSR count). The fourth-order valence-corrected chi connectivity index (χ4v) is 4.29. The van der Waals surface area contributed by atoms with Gasteiger partial charge in [0, 0.05) is 11.1 Å². The van der Waals surface area contributed by atoms with Crippen LogP contribution >= 0.6 is 17.0 Å². The van der Waals surface area contributed by atoms with Gasteiger partial charge in [0.25, 0.3) is 0 Å². The zero-order valence-corrected chi connectivity index (χ0v) is 23.5. The zero-order valence-electron chi connectivity index (χ0n) is 19.6. The van der Waals surface area contributed by atoms with Gasteiger partial charge in [0.15, 0.2) is 0 Å². The molecule has 0 saturated carbocycles. The van der Waals surface area contributed by atoms with Crippen LogP contribution in [-0.2, 0) is 20.8 Å². The number of halogens is 2. The first-order valence-corrected chi connectivity index (χ1v) is 17.1. The molecule has 0 fully saturated rings. The first kappa shape index (κ1) is 25.2. The Bertz CT molecular complexity index is 1260. The van der Waals surface area contributed by atoms with Gasteiger partial charge in [-0.1, -0.05) is 51.0 Å². The van der Waals surface area contributed by atoms with Crippen molar-refractivity contribution in [1.82, 2.24) is 4.57 Å². The monoisotopic (exact) mass is 539 g/mol. The predicted octanol–water partition coefficient (Wildman–Crippen LogP) is 9.22. The van der Waals surface area contributed by atoms with E-state index in [4.69, 9.17) is 17.0 Å². The molecule has 1 heterocycles. The van der Waals surface area contributed by atoms with Crippen LogP contribution in [0.1, 0.15) is 39.0 Å². The molecular weight excluding hydrogens is 512 g/mol. The topological polar surface area (TPSA) is 4.93 Å². The van der Waals surface area contributed by atoms with Crippen LogP contribution in [0.15, 0.2) is 77.4 Å². The Hall–Kier alpha value is -1.47. The summed E-state index contributed by atoms with van der Waals surface area (Å²) in [4.78, 5) is 0. The van der Waals surface area contributed by atoms with E-state index in [0.717, 1.165) is 0 Å². The van der Waals surface area contributed by atoms with Gasteiger partial charge in [-0.2, -0.15) is 11.1 Å². The summed E-state index contributed by atoms with van der Waals surface area (Å²) in [6.07, 6.45) is 3.36. The summed E-state index contributed by atoms with van der Waals surface area (Å²) in [7, 11) is 9.87. The van der Waals surface area contributed by atoms with E-state index in [-0.39, 0.29) is 0 Å². The number of allylic oxidation sites excluding steroid dienone is 4. The molecule has 0 bridgehead atoms. The van der Waals surface area contributed by atoms with Gasteiger partial charge in [0.1, 0.15) is 0 Å². The van der Waals surface area contributed by atoms with Crippen LogP contribution in [0, 0.1) is 25.8 Å². The predicted molar refractivity (Wildman–Crippen MR) is 138 cm³/mol. The minimum atomic E-state index is -0.826. The maximum atomic E-state index is 4.93. The third-order valence-corrected chi connectivity index (χ3v) is 6.52. The third-order valence-electron chi connectivity index (χ3n) is 6.52. The molecule has 1 nitrogen and oxygen atoms in total. The molecule has 4 aromatic rings. The first-order chi connectivity index (χ1) is 15.3. The van der Waals surface area contributed by atoms with Crippen molar-refractivity contribution in [2.75, 3.05) is 0 Å². The van der Waals surface area contributed by atoms with E-state index < -0.39 is 20.8 Å². The van der Waals surface area contributed by atoms with Gasteiger partial charge in [0.05, 0.1) is 5.52 Å². The summed E-state index contributed by atoms with van der Waals surface area (Å²) < 4.78 is 2.37. The quantitative estimate of drug-likeness (QED) is 0.212. The van der Waals surface area contributed by atoms with Gasteiger partial charge in [-0.25, -0.2) is 5.57 Å². The van der Waals surface area contributed by atoms with Gasteiger partial charge in [-0.05, 0) is 31.2 Å². The van der Waals surface area contributed by atoms with E-state index in [1.807, 2.05) is 0 Å². The first-order valence-electron chi connectivity index (χ1n) is 10.8. The summed E-state index contributed by atoms with van der Waals surface area (Å²) >= 11 is -0.826. The molecule has 0 saturated heterocycles. The number of aromatic nitrogens is 1. The van der Waals surface area contributed by atoms with Crippen molar-refractivity contribution in [3.63, 3.8) is 0 Å². The number of rotatable bonds is 1. The minimum absolute atomic E-state index is 0.560. The summed E-state index contributed by atoms with van der Waals surface area (Å²) in [6.45, 7) is 13.1. The third kappa shape index (κ3) is 5.19. The molecular formula is C28H29Cl2NZr. The molecule has 0 aliphatic heterocycles. The number of hydrogen-bond donors (Lipinski definition) is 0. The standard InChI is InChI=1S/C19H16N.C9H13.2ClH.Zr/c1-13-14(2)20(19-10-6-5-9-18(13)19)17-11-15-7-3-4-8-16(15)12-17;1-6-5-7(2)9(4)8(6)3;;;/h3-12H,1-2H3;6H,1-4H3;2*1H;/q2*-1;;;+4/p-2. The van der Waals surface area contributed by atoms with E-state index in [9.17, 15) is 0 Å². The van der Waals surface area contributed by atoms with Crippen LogP contribution in [0.2, 0.25) is 0 Å². The Balaban J connectivity index is 0.000000202. The molecule has 32 heavy (non-hydrogen) atoms. The van der Waals surface area contributed by atoms with Gasteiger partial charge in [-0.15, -0.1) is 48.0 Å². The van der Waals surface area contributed by atoms with Crippen molar-refractivity contribution < 1.29 is 20.8 Å². The van der Waals surface area contributed by atoms with Crippen LogP contribution in [0.5, 0.6) is 0 Å². The second kappa shape index (κ2) is 11.1. The van der Waals surface area contributed by atoms with Crippen molar-refractivity contribution in [3.8, 4) is 5.69 Å². The average molecular weight is 542 g/mol. The molecule has 1 aromatic heterocycles. The summed E-state index contributed by atoms with van der Waals surface area (Å²) in [5, 5.41) is 3.95.